The van der Waals surface area contributed by atoms with E-state index in [1.165, 1.54) is 0 Å². The third-order valence-electron chi connectivity index (χ3n) is 3.78. The van der Waals surface area contributed by atoms with Crippen molar-refractivity contribution >= 4 is 23.3 Å². The van der Waals surface area contributed by atoms with Crippen LogP contribution in [0.3, 0.4) is 0 Å². The van der Waals surface area contributed by atoms with Crippen molar-refractivity contribution in [2.75, 3.05) is 18.4 Å². The molecule has 0 bridgehead atoms. The Morgan fingerprint density at radius 1 is 1.55 bits per heavy atom. The van der Waals surface area contributed by atoms with Crippen LogP contribution >= 0.6 is 11.6 Å². The Labute approximate surface area is 125 Å². The van der Waals surface area contributed by atoms with E-state index in [-0.39, 0.29) is 11.4 Å². The number of carbonyl (C=O) groups excluding carboxylic acids is 1. The van der Waals surface area contributed by atoms with Gasteiger partial charge in [-0.2, -0.15) is 0 Å². The van der Waals surface area contributed by atoms with Gasteiger partial charge in [0.05, 0.1) is 10.6 Å². The molecule has 1 aromatic heterocycles. The average Bonchev–Trinajstić information content (AvgIpc) is 2.76. The number of carbonyl (C=O) groups is 1. The van der Waals surface area contributed by atoms with Crippen LogP contribution in [-0.4, -0.2) is 34.4 Å². The van der Waals surface area contributed by atoms with Crippen LogP contribution in [0, 0.1) is 0 Å². The zero-order chi connectivity index (χ0) is 14.8. The molecule has 1 fully saturated rings. The lowest BCUT2D eigenvalue weighted by Gasteiger charge is -2.31. The van der Waals surface area contributed by atoms with Gasteiger partial charge in [0, 0.05) is 24.8 Å². The van der Waals surface area contributed by atoms with Crippen molar-refractivity contribution in [2.24, 2.45) is 0 Å². The first-order chi connectivity index (χ1) is 9.45. The van der Waals surface area contributed by atoms with E-state index in [4.69, 9.17) is 11.6 Å². The molecule has 0 atom stereocenters. The standard InChI is InChI=1S/C15H22ClN3O/c1-4-7-17-13-12(16)9-11(10-18-13)14(20)19-8-5-6-15(19,2)3/h9-10H,4-8H2,1-3H3,(H,17,18). The highest BCUT2D eigenvalue weighted by Gasteiger charge is 2.35. The molecule has 1 aliphatic rings. The third kappa shape index (κ3) is 3.06. The first-order valence-corrected chi connectivity index (χ1v) is 7.55. The lowest BCUT2D eigenvalue weighted by atomic mass is 10.0. The predicted molar refractivity (Wildman–Crippen MR) is 82.4 cm³/mol. The second-order valence-electron chi connectivity index (χ2n) is 5.85. The molecule has 1 N–H and O–H groups in total. The number of hydrogen-bond donors (Lipinski definition) is 1. The molecule has 1 aromatic rings. The summed E-state index contributed by atoms with van der Waals surface area (Å²) in [5, 5.41) is 3.65. The summed E-state index contributed by atoms with van der Waals surface area (Å²) in [4.78, 5) is 18.7. The summed E-state index contributed by atoms with van der Waals surface area (Å²) in [5.74, 6) is 0.662. The second kappa shape index (κ2) is 6.00. The molecule has 0 saturated carbocycles. The smallest absolute Gasteiger partial charge is 0.255 e. The Kier molecular flexibility index (Phi) is 4.53. The van der Waals surface area contributed by atoms with Gasteiger partial charge in [-0.3, -0.25) is 4.79 Å². The Morgan fingerprint density at radius 2 is 2.30 bits per heavy atom. The molecule has 110 valence electrons. The lowest BCUT2D eigenvalue weighted by Crippen LogP contribution is -2.42. The number of anilines is 1. The minimum absolute atomic E-state index is 0.0175. The van der Waals surface area contributed by atoms with Gasteiger partial charge in [0.2, 0.25) is 0 Å². The van der Waals surface area contributed by atoms with Crippen LogP contribution in [0.25, 0.3) is 0 Å². The van der Waals surface area contributed by atoms with E-state index >= 15 is 0 Å². The predicted octanol–water partition coefficient (Wildman–Crippen LogP) is 3.57. The Hall–Kier alpha value is -1.29. The molecule has 4 nitrogen and oxygen atoms in total. The number of nitrogens with one attached hydrogen (secondary N) is 1. The van der Waals surface area contributed by atoms with Gasteiger partial charge in [-0.25, -0.2) is 4.98 Å². The minimum atomic E-state index is -0.0807. The summed E-state index contributed by atoms with van der Waals surface area (Å²) in [6, 6.07) is 1.71. The molecule has 2 rings (SSSR count). The molecule has 1 aliphatic heterocycles. The quantitative estimate of drug-likeness (QED) is 0.923. The number of likely N-dealkylation sites (tertiary alicyclic amines) is 1. The number of nitrogens with zero attached hydrogens (tertiary/aromatic N) is 2. The molecular formula is C15H22ClN3O. The van der Waals surface area contributed by atoms with E-state index < -0.39 is 0 Å². The van der Waals surface area contributed by atoms with Crippen molar-refractivity contribution < 1.29 is 4.79 Å². The highest BCUT2D eigenvalue weighted by molar-refractivity contribution is 6.33. The van der Waals surface area contributed by atoms with Crippen molar-refractivity contribution in [2.45, 2.75) is 45.6 Å². The van der Waals surface area contributed by atoms with E-state index in [2.05, 4.69) is 31.1 Å². The Bertz CT molecular complexity index is 502. The number of halogens is 1. The van der Waals surface area contributed by atoms with Crippen molar-refractivity contribution in [3.05, 3.63) is 22.8 Å². The van der Waals surface area contributed by atoms with Crippen molar-refractivity contribution in [3.63, 3.8) is 0 Å². The highest BCUT2D eigenvalue weighted by Crippen LogP contribution is 2.30. The molecule has 0 unspecified atom stereocenters. The van der Waals surface area contributed by atoms with Gasteiger partial charge in [-0.05, 0) is 39.2 Å². The Morgan fingerprint density at radius 3 is 2.85 bits per heavy atom. The van der Waals surface area contributed by atoms with Crippen molar-refractivity contribution in [1.82, 2.24) is 9.88 Å². The van der Waals surface area contributed by atoms with Gasteiger partial charge in [-0.15, -0.1) is 0 Å². The molecule has 0 spiro atoms. The van der Waals surface area contributed by atoms with Crippen LogP contribution in [0.4, 0.5) is 5.82 Å². The van der Waals surface area contributed by atoms with Gasteiger partial charge in [0.25, 0.3) is 5.91 Å². The van der Waals surface area contributed by atoms with Crippen LogP contribution < -0.4 is 5.32 Å². The Balaban J connectivity index is 2.17. The SMILES string of the molecule is CCCNc1ncc(C(=O)N2CCCC2(C)C)cc1Cl. The normalized spacial score (nSPS) is 17.3. The molecule has 0 aromatic carbocycles. The second-order valence-corrected chi connectivity index (χ2v) is 6.26. The maximum absolute atomic E-state index is 12.5. The lowest BCUT2D eigenvalue weighted by molar-refractivity contribution is 0.0651. The van der Waals surface area contributed by atoms with Crippen LogP contribution in [0.1, 0.15) is 50.4 Å². The van der Waals surface area contributed by atoms with Crippen LogP contribution in [0.5, 0.6) is 0 Å². The van der Waals surface area contributed by atoms with E-state index in [0.717, 1.165) is 32.4 Å². The van der Waals surface area contributed by atoms with Gasteiger partial charge in [-0.1, -0.05) is 18.5 Å². The highest BCUT2D eigenvalue weighted by atomic mass is 35.5. The van der Waals surface area contributed by atoms with E-state index in [9.17, 15) is 4.79 Å². The first-order valence-electron chi connectivity index (χ1n) is 7.17. The van der Waals surface area contributed by atoms with Gasteiger partial charge >= 0.3 is 0 Å². The third-order valence-corrected chi connectivity index (χ3v) is 4.06. The number of aromatic nitrogens is 1. The first kappa shape index (κ1) is 15.1. The van der Waals surface area contributed by atoms with E-state index in [0.29, 0.717) is 16.4 Å². The van der Waals surface area contributed by atoms with Gasteiger partial charge in [0.15, 0.2) is 0 Å². The maximum atomic E-state index is 12.5. The van der Waals surface area contributed by atoms with Gasteiger partial charge in [0.1, 0.15) is 5.82 Å². The monoisotopic (exact) mass is 295 g/mol. The van der Waals surface area contributed by atoms with E-state index in [1.807, 2.05) is 4.90 Å². The summed E-state index contributed by atoms with van der Waals surface area (Å²) >= 11 is 6.19. The summed E-state index contributed by atoms with van der Waals surface area (Å²) < 4.78 is 0. The number of hydrogen-bond acceptors (Lipinski definition) is 3. The van der Waals surface area contributed by atoms with Gasteiger partial charge < -0.3 is 10.2 Å². The largest absolute Gasteiger partial charge is 0.369 e. The summed E-state index contributed by atoms with van der Waals surface area (Å²) in [6.45, 7) is 7.90. The molecule has 1 saturated heterocycles. The molecular weight excluding hydrogens is 274 g/mol. The molecule has 1 amide bonds. The van der Waals surface area contributed by atoms with Crippen LogP contribution in [0.15, 0.2) is 12.3 Å². The maximum Gasteiger partial charge on any atom is 0.255 e. The molecule has 2 heterocycles. The number of rotatable bonds is 4. The summed E-state index contributed by atoms with van der Waals surface area (Å²) in [6.07, 6.45) is 4.70. The molecule has 0 radical (unpaired) electrons. The fraction of sp³-hybridized carbons (Fsp3) is 0.600. The fourth-order valence-corrected chi connectivity index (χ4v) is 2.80. The molecule has 20 heavy (non-hydrogen) atoms. The topological polar surface area (TPSA) is 45.2 Å². The number of amides is 1. The zero-order valence-electron chi connectivity index (χ0n) is 12.4. The summed E-state index contributed by atoms with van der Waals surface area (Å²) in [7, 11) is 0. The van der Waals surface area contributed by atoms with Crippen LogP contribution in [0.2, 0.25) is 5.02 Å². The minimum Gasteiger partial charge on any atom is -0.369 e. The average molecular weight is 296 g/mol. The van der Waals surface area contributed by atoms with Crippen LogP contribution in [-0.2, 0) is 0 Å². The zero-order valence-corrected chi connectivity index (χ0v) is 13.1. The number of pyridine rings is 1. The van der Waals surface area contributed by atoms with Crippen molar-refractivity contribution in [1.29, 1.82) is 0 Å². The fourth-order valence-electron chi connectivity index (χ4n) is 2.57. The summed E-state index contributed by atoms with van der Waals surface area (Å²) in [5.41, 5.74) is 0.481. The van der Waals surface area contributed by atoms with Crippen molar-refractivity contribution in [3.8, 4) is 0 Å². The van der Waals surface area contributed by atoms with E-state index in [1.54, 1.807) is 12.3 Å². The molecule has 5 heteroatoms. The molecule has 0 aliphatic carbocycles.